The van der Waals surface area contributed by atoms with Crippen molar-refractivity contribution in [1.82, 2.24) is 4.90 Å². The fourth-order valence-corrected chi connectivity index (χ4v) is 3.53. The average Bonchev–Trinajstić information content (AvgIpc) is 2.93. The lowest BCUT2D eigenvalue weighted by Crippen LogP contribution is -2.45. The Morgan fingerprint density at radius 1 is 1.25 bits per heavy atom. The van der Waals surface area contributed by atoms with Crippen molar-refractivity contribution >= 4 is 5.91 Å². The van der Waals surface area contributed by atoms with Gasteiger partial charge in [-0.1, -0.05) is 52.4 Å². The van der Waals surface area contributed by atoms with Crippen LogP contribution in [0.3, 0.4) is 0 Å². The van der Waals surface area contributed by atoms with E-state index in [1.165, 1.54) is 38.5 Å². The maximum Gasteiger partial charge on any atom is 0.298 e. The average molecular weight is 277 g/mol. The summed E-state index contributed by atoms with van der Waals surface area (Å²) < 4.78 is 0. The smallest absolute Gasteiger partial charge is 0.298 e. The normalized spacial score (nSPS) is 18.8. The lowest BCUT2D eigenvalue weighted by Gasteiger charge is -2.40. The van der Waals surface area contributed by atoms with Crippen molar-refractivity contribution in [2.75, 3.05) is 6.54 Å². The second-order valence-corrected chi connectivity index (χ2v) is 6.39. The molecular formula is C18H31NO. The number of unbranched alkanes of at least 4 members (excludes halogenated alkanes) is 2. The molecule has 0 saturated carbocycles. The van der Waals surface area contributed by atoms with E-state index in [2.05, 4.69) is 37.5 Å². The van der Waals surface area contributed by atoms with E-state index in [9.17, 15) is 4.79 Å². The third-order valence-corrected chi connectivity index (χ3v) is 4.75. The highest BCUT2D eigenvalue weighted by Gasteiger charge is 2.41. The monoisotopic (exact) mass is 277 g/mol. The van der Waals surface area contributed by atoms with Gasteiger partial charge in [0.15, 0.2) is 0 Å². The van der Waals surface area contributed by atoms with E-state index in [0.717, 1.165) is 19.4 Å². The van der Waals surface area contributed by atoms with Crippen LogP contribution in [-0.4, -0.2) is 23.4 Å². The van der Waals surface area contributed by atoms with Crippen molar-refractivity contribution < 1.29 is 4.79 Å². The van der Waals surface area contributed by atoms with Gasteiger partial charge >= 0.3 is 0 Å². The number of rotatable bonds is 7. The minimum Gasteiger partial charge on any atom is -0.328 e. The zero-order valence-corrected chi connectivity index (χ0v) is 13.8. The summed E-state index contributed by atoms with van der Waals surface area (Å²) in [5, 5.41) is 0. The highest BCUT2D eigenvalue weighted by molar-refractivity contribution is 5.93. The molecule has 0 aromatic rings. The molecule has 1 rings (SSSR count). The Morgan fingerprint density at radius 3 is 2.35 bits per heavy atom. The number of carbonyl (C=O) groups excluding carboxylic acids is 1. The molecule has 0 spiro atoms. The Hall–Kier alpha value is -0.970. The number of hydrogen-bond donors (Lipinski definition) is 0. The van der Waals surface area contributed by atoms with Gasteiger partial charge in [-0.25, -0.2) is 0 Å². The van der Waals surface area contributed by atoms with Gasteiger partial charge in [-0.3, -0.25) is 4.79 Å². The van der Waals surface area contributed by atoms with Crippen LogP contribution in [0.1, 0.15) is 79.1 Å². The lowest BCUT2D eigenvalue weighted by molar-refractivity contribution is -0.128. The van der Waals surface area contributed by atoms with Gasteiger partial charge in [0.25, 0.3) is 5.91 Å². The second kappa shape index (κ2) is 8.35. The van der Waals surface area contributed by atoms with Crippen molar-refractivity contribution in [2.24, 2.45) is 5.41 Å². The first-order valence-corrected chi connectivity index (χ1v) is 8.32. The van der Waals surface area contributed by atoms with Crippen LogP contribution in [0, 0.1) is 17.3 Å². The predicted octanol–water partition coefficient (Wildman–Crippen LogP) is 4.39. The lowest BCUT2D eigenvalue weighted by atomic mass is 9.73. The van der Waals surface area contributed by atoms with Crippen LogP contribution in [0.15, 0.2) is 0 Å². The van der Waals surface area contributed by atoms with Gasteiger partial charge in [0.05, 0.1) is 0 Å². The van der Waals surface area contributed by atoms with Gasteiger partial charge in [0.1, 0.15) is 0 Å². The summed E-state index contributed by atoms with van der Waals surface area (Å²) in [6.45, 7) is 9.54. The van der Waals surface area contributed by atoms with Crippen LogP contribution < -0.4 is 0 Å². The largest absolute Gasteiger partial charge is 0.328 e. The molecule has 1 amide bonds. The van der Waals surface area contributed by atoms with Gasteiger partial charge in [-0.05, 0) is 43.9 Å². The van der Waals surface area contributed by atoms with Crippen LogP contribution >= 0.6 is 0 Å². The summed E-state index contributed by atoms with van der Waals surface area (Å²) in [4.78, 5) is 14.3. The molecule has 114 valence electrons. The zero-order chi connectivity index (χ0) is 15.0. The first-order chi connectivity index (χ1) is 9.59. The molecule has 1 atom stereocenters. The Kier molecular flexibility index (Phi) is 7.13. The molecule has 1 heterocycles. The molecule has 2 nitrogen and oxygen atoms in total. The molecule has 1 unspecified atom stereocenters. The molecule has 1 aliphatic rings. The van der Waals surface area contributed by atoms with E-state index >= 15 is 0 Å². The van der Waals surface area contributed by atoms with Gasteiger partial charge in [0.2, 0.25) is 0 Å². The van der Waals surface area contributed by atoms with Crippen molar-refractivity contribution in [3.8, 4) is 11.8 Å². The molecule has 0 bridgehead atoms. The number of nitrogens with zero attached hydrogens (tertiary/aromatic N) is 1. The molecule has 1 aliphatic heterocycles. The van der Waals surface area contributed by atoms with E-state index < -0.39 is 0 Å². The summed E-state index contributed by atoms with van der Waals surface area (Å²) in [6.07, 6.45) is 9.75. The standard InChI is InChI=1S/C18H31NO/c1-5-8-13-18(4,14-9-6-2)16-12-10-15-19(16)17(20)11-7-3/h16H,5-6,8-10,12-15H2,1-4H3. The van der Waals surface area contributed by atoms with Gasteiger partial charge in [-0.15, -0.1) is 0 Å². The predicted molar refractivity (Wildman–Crippen MR) is 85.3 cm³/mol. The fourth-order valence-electron chi connectivity index (χ4n) is 3.53. The van der Waals surface area contributed by atoms with Crippen molar-refractivity contribution in [3.63, 3.8) is 0 Å². The first kappa shape index (κ1) is 17.1. The molecule has 20 heavy (non-hydrogen) atoms. The maximum absolute atomic E-state index is 12.2. The third-order valence-electron chi connectivity index (χ3n) is 4.75. The topological polar surface area (TPSA) is 20.3 Å². The number of carbonyl (C=O) groups is 1. The summed E-state index contributed by atoms with van der Waals surface area (Å²) >= 11 is 0. The highest BCUT2D eigenvalue weighted by atomic mass is 16.2. The summed E-state index contributed by atoms with van der Waals surface area (Å²) in [6, 6.07) is 0.397. The Bertz CT molecular complexity index is 355. The minimum atomic E-state index is 0.0363. The third kappa shape index (κ3) is 4.27. The highest BCUT2D eigenvalue weighted by Crippen LogP contribution is 2.41. The van der Waals surface area contributed by atoms with Crippen LogP contribution in [0.25, 0.3) is 0 Å². The van der Waals surface area contributed by atoms with Crippen LogP contribution in [-0.2, 0) is 4.79 Å². The number of hydrogen-bond acceptors (Lipinski definition) is 1. The number of amides is 1. The van der Waals surface area contributed by atoms with Gasteiger partial charge < -0.3 is 4.90 Å². The van der Waals surface area contributed by atoms with E-state index in [0.29, 0.717) is 6.04 Å². The second-order valence-electron chi connectivity index (χ2n) is 6.39. The summed E-state index contributed by atoms with van der Waals surface area (Å²) in [7, 11) is 0. The molecule has 0 aromatic heterocycles. The number of likely N-dealkylation sites (tertiary alicyclic amines) is 1. The van der Waals surface area contributed by atoms with E-state index in [1.807, 2.05) is 0 Å². The van der Waals surface area contributed by atoms with Gasteiger partial charge in [0, 0.05) is 12.6 Å². The molecule has 1 fully saturated rings. The molecule has 0 radical (unpaired) electrons. The fraction of sp³-hybridized carbons (Fsp3) is 0.833. The summed E-state index contributed by atoms with van der Waals surface area (Å²) in [5.74, 6) is 5.54. The van der Waals surface area contributed by atoms with Crippen molar-refractivity contribution in [3.05, 3.63) is 0 Å². The van der Waals surface area contributed by atoms with Crippen LogP contribution in [0.2, 0.25) is 0 Å². The Balaban J connectivity index is 2.85. The molecule has 0 aliphatic carbocycles. The SMILES string of the molecule is CC#CC(=O)N1CCCC1C(C)(CCCC)CCCC. The van der Waals surface area contributed by atoms with Gasteiger partial charge in [-0.2, -0.15) is 0 Å². The summed E-state index contributed by atoms with van der Waals surface area (Å²) in [5.41, 5.74) is 0.271. The van der Waals surface area contributed by atoms with Crippen LogP contribution in [0.5, 0.6) is 0 Å². The molecule has 0 N–H and O–H groups in total. The molecule has 0 aromatic carbocycles. The van der Waals surface area contributed by atoms with Crippen molar-refractivity contribution in [2.45, 2.75) is 85.1 Å². The van der Waals surface area contributed by atoms with E-state index in [4.69, 9.17) is 0 Å². The first-order valence-electron chi connectivity index (χ1n) is 8.32. The van der Waals surface area contributed by atoms with E-state index in [-0.39, 0.29) is 11.3 Å². The van der Waals surface area contributed by atoms with Crippen molar-refractivity contribution in [1.29, 1.82) is 0 Å². The zero-order valence-electron chi connectivity index (χ0n) is 13.8. The Morgan fingerprint density at radius 2 is 1.85 bits per heavy atom. The molecular weight excluding hydrogens is 246 g/mol. The van der Waals surface area contributed by atoms with E-state index in [1.54, 1.807) is 6.92 Å². The molecule has 1 saturated heterocycles. The minimum absolute atomic E-state index is 0.0363. The quantitative estimate of drug-likeness (QED) is 0.632. The van der Waals surface area contributed by atoms with Crippen LogP contribution in [0.4, 0.5) is 0 Å². The Labute approximate surface area is 125 Å². The maximum atomic E-state index is 12.2. The molecule has 2 heteroatoms.